The van der Waals surface area contributed by atoms with Gasteiger partial charge in [-0.05, 0) is 23.6 Å². The normalized spacial score (nSPS) is 11.2. The van der Waals surface area contributed by atoms with Crippen molar-refractivity contribution in [2.45, 2.75) is 20.4 Å². The zero-order chi connectivity index (χ0) is 15.0. The minimum atomic E-state index is -3.44. The van der Waals surface area contributed by atoms with Crippen LogP contribution in [0.4, 0.5) is 0 Å². The molecular weight excluding hydrogens is 274 g/mol. The highest BCUT2D eigenvalue weighted by molar-refractivity contribution is 7.87. The average molecular weight is 295 g/mol. The standard InChI is InChI=1S/C14H21N3O2S/c1-12(2)10-16-20(18,19)17-11-14-7-5-13(6-8-14)4-3-9-15/h5-8,12,16-17H,9-11,15H2,1-2H3. The smallest absolute Gasteiger partial charge is 0.277 e. The van der Waals surface area contributed by atoms with E-state index in [1.54, 1.807) is 0 Å². The number of rotatable bonds is 6. The van der Waals surface area contributed by atoms with E-state index in [0.717, 1.165) is 11.1 Å². The second-order valence-electron chi connectivity index (χ2n) is 4.77. The Kier molecular flexibility index (Phi) is 6.68. The van der Waals surface area contributed by atoms with Crippen LogP contribution in [0.15, 0.2) is 24.3 Å². The number of benzene rings is 1. The van der Waals surface area contributed by atoms with Crippen molar-refractivity contribution in [1.29, 1.82) is 0 Å². The molecule has 0 amide bonds. The molecule has 0 unspecified atom stereocenters. The van der Waals surface area contributed by atoms with Crippen molar-refractivity contribution in [3.8, 4) is 11.8 Å². The summed E-state index contributed by atoms with van der Waals surface area (Å²) in [6.45, 7) is 4.89. The fourth-order valence-electron chi connectivity index (χ4n) is 1.36. The van der Waals surface area contributed by atoms with E-state index in [9.17, 15) is 8.42 Å². The van der Waals surface area contributed by atoms with Crippen molar-refractivity contribution < 1.29 is 8.42 Å². The van der Waals surface area contributed by atoms with Gasteiger partial charge >= 0.3 is 0 Å². The molecule has 0 aliphatic carbocycles. The molecule has 1 aromatic carbocycles. The van der Waals surface area contributed by atoms with E-state index in [0.29, 0.717) is 13.1 Å². The third kappa shape index (κ3) is 6.68. The second-order valence-corrected chi connectivity index (χ2v) is 6.35. The van der Waals surface area contributed by atoms with Gasteiger partial charge in [0.1, 0.15) is 0 Å². The lowest BCUT2D eigenvalue weighted by molar-refractivity contribution is 0.547. The molecule has 0 atom stereocenters. The molecule has 0 saturated carbocycles. The Hall–Kier alpha value is -1.39. The van der Waals surface area contributed by atoms with Crippen LogP contribution in [-0.4, -0.2) is 21.5 Å². The largest absolute Gasteiger partial charge is 0.320 e. The highest BCUT2D eigenvalue weighted by Crippen LogP contribution is 2.03. The molecule has 110 valence electrons. The zero-order valence-electron chi connectivity index (χ0n) is 11.8. The number of nitrogens with two attached hydrogens (primary N) is 1. The molecule has 0 bridgehead atoms. The summed E-state index contributed by atoms with van der Waals surface area (Å²) in [6.07, 6.45) is 0. The summed E-state index contributed by atoms with van der Waals surface area (Å²) < 4.78 is 28.3. The topological polar surface area (TPSA) is 84.2 Å². The zero-order valence-corrected chi connectivity index (χ0v) is 12.6. The van der Waals surface area contributed by atoms with Gasteiger partial charge in [0.15, 0.2) is 0 Å². The maximum atomic E-state index is 11.7. The molecule has 0 aromatic heterocycles. The maximum Gasteiger partial charge on any atom is 0.277 e. The van der Waals surface area contributed by atoms with Gasteiger partial charge in [-0.2, -0.15) is 13.1 Å². The molecule has 0 spiro atoms. The van der Waals surface area contributed by atoms with Gasteiger partial charge in [-0.15, -0.1) is 0 Å². The third-order valence-electron chi connectivity index (χ3n) is 2.44. The maximum absolute atomic E-state index is 11.7. The summed E-state index contributed by atoms with van der Waals surface area (Å²) in [5.74, 6) is 5.94. The average Bonchev–Trinajstić information content (AvgIpc) is 2.42. The molecule has 5 nitrogen and oxygen atoms in total. The van der Waals surface area contributed by atoms with Gasteiger partial charge in [0.25, 0.3) is 10.2 Å². The molecule has 0 fully saturated rings. The van der Waals surface area contributed by atoms with E-state index < -0.39 is 10.2 Å². The molecule has 0 aliphatic rings. The monoisotopic (exact) mass is 295 g/mol. The van der Waals surface area contributed by atoms with Gasteiger partial charge in [-0.3, -0.25) is 0 Å². The Morgan fingerprint density at radius 3 is 2.40 bits per heavy atom. The van der Waals surface area contributed by atoms with E-state index in [1.807, 2.05) is 38.1 Å². The summed E-state index contributed by atoms with van der Waals surface area (Å²) in [5, 5.41) is 0. The van der Waals surface area contributed by atoms with Crippen molar-refractivity contribution in [1.82, 2.24) is 9.44 Å². The molecule has 0 radical (unpaired) electrons. The molecule has 4 N–H and O–H groups in total. The van der Waals surface area contributed by atoms with Crippen LogP contribution < -0.4 is 15.2 Å². The lowest BCUT2D eigenvalue weighted by atomic mass is 10.1. The highest BCUT2D eigenvalue weighted by Gasteiger charge is 2.09. The van der Waals surface area contributed by atoms with E-state index in [1.165, 1.54) is 0 Å². The van der Waals surface area contributed by atoms with Gasteiger partial charge in [-0.1, -0.05) is 37.8 Å². The van der Waals surface area contributed by atoms with E-state index in [4.69, 9.17) is 5.73 Å². The Balaban J connectivity index is 2.53. The molecule has 6 heteroatoms. The van der Waals surface area contributed by atoms with Crippen molar-refractivity contribution in [3.05, 3.63) is 35.4 Å². The lowest BCUT2D eigenvalue weighted by Gasteiger charge is -2.10. The first kappa shape index (κ1) is 16.7. The van der Waals surface area contributed by atoms with Crippen LogP contribution >= 0.6 is 0 Å². The van der Waals surface area contributed by atoms with Gasteiger partial charge in [0, 0.05) is 18.7 Å². The molecule has 20 heavy (non-hydrogen) atoms. The van der Waals surface area contributed by atoms with Crippen LogP contribution in [0.1, 0.15) is 25.0 Å². The van der Waals surface area contributed by atoms with E-state index in [-0.39, 0.29) is 12.5 Å². The van der Waals surface area contributed by atoms with Crippen LogP contribution in [0, 0.1) is 17.8 Å². The van der Waals surface area contributed by atoms with Crippen molar-refractivity contribution in [3.63, 3.8) is 0 Å². The Morgan fingerprint density at radius 1 is 1.20 bits per heavy atom. The quantitative estimate of drug-likeness (QED) is 0.671. The first-order valence-electron chi connectivity index (χ1n) is 6.45. The van der Waals surface area contributed by atoms with Gasteiger partial charge in [-0.25, -0.2) is 4.72 Å². The van der Waals surface area contributed by atoms with Gasteiger partial charge < -0.3 is 5.73 Å². The Labute approximate surface area is 121 Å². The lowest BCUT2D eigenvalue weighted by Crippen LogP contribution is -2.37. The van der Waals surface area contributed by atoms with Gasteiger partial charge in [0.2, 0.25) is 0 Å². The number of nitrogens with one attached hydrogen (secondary N) is 2. The van der Waals surface area contributed by atoms with Crippen molar-refractivity contribution in [2.24, 2.45) is 11.7 Å². The SMILES string of the molecule is CC(C)CNS(=O)(=O)NCc1ccc(C#CCN)cc1. The number of hydrogen-bond acceptors (Lipinski definition) is 3. The summed E-state index contributed by atoms with van der Waals surface area (Å²) in [6, 6.07) is 7.36. The predicted octanol–water partition coefficient (Wildman–Crippen LogP) is 0.577. The summed E-state index contributed by atoms with van der Waals surface area (Å²) in [7, 11) is -3.44. The van der Waals surface area contributed by atoms with Crippen LogP contribution in [0.25, 0.3) is 0 Å². The second kappa shape index (κ2) is 8.02. The minimum absolute atomic E-state index is 0.248. The molecule has 1 rings (SSSR count). The molecule has 0 saturated heterocycles. The van der Waals surface area contributed by atoms with Crippen LogP contribution in [0.2, 0.25) is 0 Å². The highest BCUT2D eigenvalue weighted by atomic mass is 32.2. The molecule has 1 aromatic rings. The fraction of sp³-hybridized carbons (Fsp3) is 0.429. The van der Waals surface area contributed by atoms with Crippen molar-refractivity contribution in [2.75, 3.05) is 13.1 Å². The summed E-state index contributed by atoms with van der Waals surface area (Å²) >= 11 is 0. The van der Waals surface area contributed by atoms with Crippen LogP contribution in [-0.2, 0) is 16.8 Å². The van der Waals surface area contributed by atoms with E-state index >= 15 is 0 Å². The van der Waals surface area contributed by atoms with Crippen molar-refractivity contribution >= 4 is 10.2 Å². The summed E-state index contributed by atoms with van der Waals surface area (Å²) in [5.41, 5.74) is 7.03. The third-order valence-corrected chi connectivity index (χ3v) is 3.51. The Bertz CT molecular complexity index is 569. The summed E-state index contributed by atoms with van der Waals surface area (Å²) in [4.78, 5) is 0. The van der Waals surface area contributed by atoms with Crippen LogP contribution in [0.3, 0.4) is 0 Å². The van der Waals surface area contributed by atoms with Crippen LogP contribution in [0.5, 0.6) is 0 Å². The number of hydrogen-bond donors (Lipinski definition) is 3. The Morgan fingerprint density at radius 2 is 1.85 bits per heavy atom. The minimum Gasteiger partial charge on any atom is -0.320 e. The fourth-order valence-corrected chi connectivity index (χ4v) is 2.38. The first-order valence-corrected chi connectivity index (χ1v) is 7.93. The molecule has 0 heterocycles. The predicted molar refractivity (Wildman–Crippen MR) is 81.0 cm³/mol. The molecule has 0 aliphatic heterocycles. The van der Waals surface area contributed by atoms with Gasteiger partial charge in [0.05, 0.1) is 6.54 Å². The molecular formula is C14H21N3O2S. The first-order chi connectivity index (χ1) is 9.43. The van der Waals surface area contributed by atoms with E-state index in [2.05, 4.69) is 21.3 Å².